The lowest BCUT2D eigenvalue weighted by Gasteiger charge is -2.29. The first-order chi connectivity index (χ1) is 21.6. The van der Waals surface area contributed by atoms with E-state index in [1.165, 1.54) is 24.0 Å². The Morgan fingerprint density at radius 2 is 1.48 bits per heavy atom. The standard InChI is InChI=1S/C38H44N4O2/c43-37(33-20-19-29-12-7-8-17-32(29)26-33)39-27-34-21-25-42(38(44)36(40-34)18-11-24-41-22-9-10-23-41)28-35(30-13-3-1-4-14-30)31-15-5-2-6-16-31/h1-8,12-17,19-20,26,34-36,40H,9-11,18,21-25,27-28H2,(H,39,43). The highest BCUT2D eigenvalue weighted by atomic mass is 16.2. The molecule has 228 valence electrons. The minimum atomic E-state index is -0.269. The second-order valence-corrected chi connectivity index (χ2v) is 12.3. The second kappa shape index (κ2) is 14.7. The Hall–Kier alpha value is -4.00. The molecule has 0 bridgehead atoms. The number of amides is 2. The molecular weight excluding hydrogens is 544 g/mol. The Bertz CT molecular complexity index is 1480. The van der Waals surface area contributed by atoms with E-state index in [1.54, 1.807) is 0 Å². The quantitative estimate of drug-likeness (QED) is 0.231. The molecule has 0 aromatic heterocycles. The average molecular weight is 589 g/mol. The molecule has 2 fully saturated rings. The lowest BCUT2D eigenvalue weighted by atomic mass is 9.90. The minimum Gasteiger partial charge on any atom is -0.350 e. The van der Waals surface area contributed by atoms with E-state index < -0.39 is 0 Å². The number of nitrogens with zero attached hydrogens (tertiary/aromatic N) is 2. The lowest BCUT2D eigenvalue weighted by Crippen LogP contribution is -2.49. The van der Waals surface area contributed by atoms with Crippen molar-refractivity contribution in [2.75, 3.05) is 39.3 Å². The maximum absolute atomic E-state index is 14.2. The van der Waals surface area contributed by atoms with Crippen LogP contribution >= 0.6 is 0 Å². The normalized spacial score (nSPS) is 19.4. The molecule has 6 rings (SSSR count). The zero-order valence-corrected chi connectivity index (χ0v) is 25.5. The van der Waals surface area contributed by atoms with Crippen LogP contribution in [0.15, 0.2) is 103 Å². The summed E-state index contributed by atoms with van der Waals surface area (Å²) in [5.41, 5.74) is 3.09. The zero-order valence-electron chi connectivity index (χ0n) is 25.5. The molecule has 2 N–H and O–H groups in total. The van der Waals surface area contributed by atoms with Gasteiger partial charge in [0.05, 0.1) is 6.04 Å². The van der Waals surface area contributed by atoms with Crippen LogP contribution in [0.25, 0.3) is 10.8 Å². The molecule has 0 radical (unpaired) electrons. The van der Waals surface area contributed by atoms with Gasteiger partial charge in [-0.3, -0.25) is 9.59 Å². The van der Waals surface area contributed by atoms with Crippen molar-refractivity contribution in [3.05, 3.63) is 120 Å². The van der Waals surface area contributed by atoms with E-state index in [2.05, 4.69) is 75.0 Å². The molecule has 2 amide bonds. The van der Waals surface area contributed by atoms with E-state index in [1.807, 2.05) is 48.5 Å². The molecule has 2 unspecified atom stereocenters. The van der Waals surface area contributed by atoms with Gasteiger partial charge in [-0.15, -0.1) is 0 Å². The summed E-state index contributed by atoms with van der Waals surface area (Å²) in [4.78, 5) is 31.9. The van der Waals surface area contributed by atoms with Gasteiger partial charge in [0.25, 0.3) is 5.91 Å². The number of hydrogen-bond donors (Lipinski definition) is 2. The second-order valence-electron chi connectivity index (χ2n) is 12.3. The number of rotatable bonds is 11. The summed E-state index contributed by atoms with van der Waals surface area (Å²) in [6.45, 7) is 5.13. The van der Waals surface area contributed by atoms with E-state index in [0.717, 1.165) is 49.7 Å². The van der Waals surface area contributed by atoms with Crippen LogP contribution in [0.1, 0.15) is 59.5 Å². The summed E-state index contributed by atoms with van der Waals surface area (Å²) in [5.74, 6) is 0.186. The molecule has 4 aromatic carbocycles. The third-order valence-electron chi connectivity index (χ3n) is 9.29. The first-order valence-electron chi connectivity index (χ1n) is 16.3. The molecule has 2 saturated heterocycles. The minimum absolute atomic E-state index is 0.0112. The van der Waals surface area contributed by atoms with Crippen LogP contribution in [-0.2, 0) is 4.79 Å². The molecular formula is C38H44N4O2. The molecule has 2 atom stereocenters. The number of benzene rings is 4. The van der Waals surface area contributed by atoms with Crippen molar-refractivity contribution >= 4 is 22.6 Å². The van der Waals surface area contributed by atoms with Crippen molar-refractivity contribution in [3.63, 3.8) is 0 Å². The molecule has 0 spiro atoms. The highest BCUT2D eigenvalue weighted by Gasteiger charge is 2.32. The Kier molecular flexibility index (Phi) is 10.0. The highest BCUT2D eigenvalue weighted by Crippen LogP contribution is 2.27. The highest BCUT2D eigenvalue weighted by molar-refractivity contribution is 5.98. The first-order valence-corrected chi connectivity index (χ1v) is 16.3. The van der Waals surface area contributed by atoms with Gasteiger partial charge in [-0.05, 0) is 85.8 Å². The maximum Gasteiger partial charge on any atom is 0.251 e. The van der Waals surface area contributed by atoms with Crippen LogP contribution < -0.4 is 10.6 Å². The predicted molar refractivity (Wildman–Crippen MR) is 178 cm³/mol. The van der Waals surface area contributed by atoms with Gasteiger partial charge < -0.3 is 20.4 Å². The van der Waals surface area contributed by atoms with Gasteiger partial charge in [0.2, 0.25) is 5.91 Å². The fourth-order valence-electron chi connectivity index (χ4n) is 6.80. The summed E-state index contributed by atoms with van der Waals surface area (Å²) in [7, 11) is 0. The van der Waals surface area contributed by atoms with E-state index in [-0.39, 0.29) is 29.8 Å². The topological polar surface area (TPSA) is 64.7 Å². The lowest BCUT2D eigenvalue weighted by molar-refractivity contribution is -0.133. The Morgan fingerprint density at radius 1 is 0.818 bits per heavy atom. The molecule has 0 saturated carbocycles. The Morgan fingerprint density at radius 3 is 2.18 bits per heavy atom. The fourth-order valence-corrected chi connectivity index (χ4v) is 6.80. The maximum atomic E-state index is 14.2. The van der Waals surface area contributed by atoms with Crippen molar-refractivity contribution in [1.82, 2.24) is 20.4 Å². The van der Waals surface area contributed by atoms with Gasteiger partial charge in [-0.2, -0.15) is 0 Å². The molecule has 2 aliphatic rings. The van der Waals surface area contributed by atoms with Crippen LogP contribution in [0.5, 0.6) is 0 Å². The third-order valence-corrected chi connectivity index (χ3v) is 9.29. The number of carbonyl (C=O) groups is 2. The Balaban J connectivity index is 1.16. The summed E-state index contributed by atoms with van der Waals surface area (Å²) in [6, 6.07) is 34.7. The van der Waals surface area contributed by atoms with Gasteiger partial charge in [0.15, 0.2) is 0 Å². The summed E-state index contributed by atoms with van der Waals surface area (Å²) in [6.07, 6.45) is 5.10. The number of likely N-dealkylation sites (tertiary alicyclic amines) is 1. The van der Waals surface area contributed by atoms with Crippen molar-refractivity contribution in [2.45, 2.75) is 50.1 Å². The monoisotopic (exact) mass is 588 g/mol. The first kappa shape index (κ1) is 30.0. The summed E-state index contributed by atoms with van der Waals surface area (Å²) >= 11 is 0. The molecule has 2 aliphatic heterocycles. The fraction of sp³-hybridized carbons (Fsp3) is 0.368. The van der Waals surface area contributed by atoms with Gasteiger partial charge in [-0.25, -0.2) is 0 Å². The predicted octanol–water partition coefficient (Wildman–Crippen LogP) is 5.84. The van der Waals surface area contributed by atoms with Gasteiger partial charge in [0.1, 0.15) is 0 Å². The molecule has 0 aliphatic carbocycles. The van der Waals surface area contributed by atoms with Gasteiger partial charge in [0, 0.05) is 37.2 Å². The van der Waals surface area contributed by atoms with Crippen LogP contribution in [0.2, 0.25) is 0 Å². The van der Waals surface area contributed by atoms with Crippen molar-refractivity contribution < 1.29 is 9.59 Å². The number of fused-ring (bicyclic) bond motifs is 1. The summed E-state index contributed by atoms with van der Waals surface area (Å²) in [5, 5.41) is 9.02. The summed E-state index contributed by atoms with van der Waals surface area (Å²) < 4.78 is 0. The van der Waals surface area contributed by atoms with Gasteiger partial charge in [-0.1, -0.05) is 91.0 Å². The van der Waals surface area contributed by atoms with Crippen molar-refractivity contribution in [1.29, 1.82) is 0 Å². The number of hydrogen-bond acceptors (Lipinski definition) is 4. The zero-order chi connectivity index (χ0) is 30.1. The largest absolute Gasteiger partial charge is 0.350 e. The third kappa shape index (κ3) is 7.55. The average Bonchev–Trinajstić information content (AvgIpc) is 3.55. The molecule has 6 nitrogen and oxygen atoms in total. The smallest absolute Gasteiger partial charge is 0.251 e. The van der Waals surface area contributed by atoms with E-state index >= 15 is 0 Å². The van der Waals surface area contributed by atoms with Crippen LogP contribution in [-0.4, -0.2) is 73.0 Å². The van der Waals surface area contributed by atoms with E-state index in [0.29, 0.717) is 25.2 Å². The van der Waals surface area contributed by atoms with E-state index in [4.69, 9.17) is 0 Å². The van der Waals surface area contributed by atoms with Gasteiger partial charge >= 0.3 is 0 Å². The van der Waals surface area contributed by atoms with Crippen LogP contribution in [0.3, 0.4) is 0 Å². The van der Waals surface area contributed by atoms with Crippen molar-refractivity contribution in [3.8, 4) is 0 Å². The molecule has 2 heterocycles. The number of nitrogens with one attached hydrogen (secondary N) is 2. The van der Waals surface area contributed by atoms with E-state index in [9.17, 15) is 9.59 Å². The molecule has 44 heavy (non-hydrogen) atoms. The SMILES string of the molecule is O=C(NCC1CCN(CC(c2ccccc2)c2ccccc2)C(=O)C(CCCN2CCCC2)N1)c1ccc2ccccc2c1. The van der Waals surface area contributed by atoms with Crippen LogP contribution in [0.4, 0.5) is 0 Å². The molecule has 4 aromatic rings. The Labute approximate surface area is 261 Å². The van der Waals surface area contributed by atoms with Crippen molar-refractivity contribution in [2.24, 2.45) is 0 Å². The van der Waals surface area contributed by atoms with Crippen LogP contribution in [0, 0.1) is 0 Å². The molecule has 6 heteroatoms. The number of carbonyl (C=O) groups excluding carboxylic acids is 2.